The summed E-state index contributed by atoms with van der Waals surface area (Å²) in [6.07, 6.45) is 0. The molecule has 19 heavy (non-hydrogen) atoms. The van der Waals surface area contributed by atoms with Gasteiger partial charge in [0.1, 0.15) is 16.2 Å². The molecule has 0 unspecified atom stereocenters. The third-order valence-electron chi connectivity index (χ3n) is 3.28. The quantitative estimate of drug-likeness (QED) is 0.861. The molecule has 0 saturated carbocycles. The van der Waals surface area contributed by atoms with E-state index in [2.05, 4.69) is 84.8 Å². The molecule has 1 N–H and O–H groups in total. The molecule has 0 aromatic carbocycles. The molecule has 0 aliphatic carbocycles. The SMILES string of the molecule is CN(C)C(C)(C)CNc1cc(Br)nc(C(C)(C)C)n1. The minimum atomic E-state index is -0.0583. The van der Waals surface area contributed by atoms with Crippen molar-refractivity contribution in [2.24, 2.45) is 0 Å². The van der Waals surface area contributed by atoms with Crippen LogP contribution in [0.2, 0.25) is 0 Å². The van der Waals surface area contributed by atoms with E-state index >= 15 is 0 Å². The van der Waals surface area contributed by atoms with Crippen molar-refractivity contribution >= 4 is 21.7 Å². The Balaban J connectivity index is 2.88. The molecule has 0 aliphatic rings. The smallest absolute Gasteiger partial charge is 0.137 e. The summed E-state index contributed by atoms with van der Waals surface area (Å²) in [7, 11) is 4.16. The molecule has 0 spiro atoms. The van der Waals surface area contributed by atoms with Gasteiger partial charge in [0.15, 0.2) is 0 Å². The second kappa shape index (κ2) is 5.75. The summed E-state index contributed by atoms with van der Waals surface area (Å²) in [6.45, 7) is 11.6. The summed E-state index contributed by atoms with van der Waals surface area (Å²) in [5.41, 5.74) is 0.0105. The lowest BCUT2D eigenvalue weighted by Crippen LogP contribution is -2.44. The monoisotopic (exact) mass is 328 g/mol. The number of nitrogens with zero attached hydrogens (tertiary/aromatic N) is 3. The van der Waals surface area contributed by atoms with Crippen LogP contribution < -0.4 is 5.32 Å². The van der Waals surface area contributed by atoms with Gasteiger partial charge in [0.2, 0.25) is 0 Å². The number of rotatable bonds is 4. The molecular weight excluding hydrogens is 304 g/mol. The van der Waals surface area contributed by atoms with Crippen molar-refractivity contribution in [2.75, 3.05) is 26.0 Å². The van der Waals surface area contributed by atoms with Crippen molar-refractivity contribution in [3.05, 3.63) is 16.5 Å². The predicted molar refractivity (Wildman–Crippen MR) is 84.7 cm³/mol. The lowest BCUT2D eigenvalue weighted by Gasteiger charge is -2.33. The van der Waals surface area contributed by atoms with Crippen molar-refractivity contribution in [2.45, 2.75) is 45.6 Å². The van der Waals surface area contributed by atoms with Crippen LogP contribution in [0.5, 0.6) is 0 Å². The fourth-order valence-corrected chi connectivity index (χ4v) is 1.69. The van der Waals surface area contributed by atoms with Crippen LogP contribution in [0.3, 0.4) is 0 Å². The third kappa shape index (κ3) is 4.73. The lowest BCUT2D eigenvalue weighted by molar-refractivity contribution is 0.210. The van der Waals surface area contributed by atoms with Gasteiger partial charge in [-0.15, -0.1) is 0 Å². The summed E-state index contributed by atoms with van der Waals surface area (Å²) in [4.78, 5) is 11.2. The molecule has 0 fully saturated rings. The average Bonchev–Trinajstić information content (AvgIpc) is 2.24. The summed E-state index contributed by atoms with van der Waals surface area (Å²) in [5, 5.41) is 3.40. The van der Waals surface area contributed by atoms with Crippen LogP contribution in [0.1, 0.15) is 40.4 Å². The predicted octanol–water partition coefficient (Wildman–Crippen LogP) is 3.29. The number of hydrogen-bond acceptors (Lipinski definition) is 4. The summed E-state index contributed by atoms with van der Waals surface area (Å²) in [6, 6.07) is 1.92. The molecule has 4 nitrogen and oxygen atoms in total. The highest BCUT2D eigenvalue weighted by Crippen LogP contribution is 2.23. The van der Waals surface area contributed by atoms with Gasteiger partial charge in [-0.1, -0.05) is 20.8 Å². The van der Waals surface area contributed by atoms with E-state index in [0.29, 0.717) is 0 Å². The molecule has 0 amide bonds. The second-order valence-electron chi connectivity index (χ2n) is 6.71. The van der Waals surface area contributed by atoms with Crippen LogP contribution in [0, 0.1) is 0 Å². The number of nitrogens with one attached hydrogen (secondary N) is 1. The summed E-state index contributed by atoms with van der Waals surface area (Å²) < 4.78 is 0.817. The molecule has 0 atom stereocenters. The van der Waals surface area contributed by atoms with Gasteiger partial charge in [-0.3, -0.25) is 0 Å². The van der Waals surface area contributed by atoms with Gasteiger partial charge < -0.3 is 10.2 Å². The van der Waals surface area contributed by atoms with Gasteiger partial charge in [0.25, 0.3) is 0 Å². The highest BCUT2D eigenvalue weighted by atomic mass is 79.9. The highest BCUT2D eigenvalue weighted by Gasteiger charge is 2.22. The molecule has 0 saturated heterocycles. The van der Waals surface area contributed by atoms with Crippen molar-refractivity contribution < 1.29 is 0 Å². The van der Waals surface area contributed by atoms with E-state index in [4.69, 9.17) is 0 Å². The Morgan fingerprint density at radius 1 is 1.16 bits per heavy atom. The molecule has 0 radical (unpaired) electrons. The number of aromatic nitrogens is 2. The van der Waals surface area contributed by atoms with Crippen LogP contribution in [-0.4, -0.2) is 41.0 Å². The van der Waals surface area contributed by atoms with Gasteiger partial charge >= 0.3 is 0 Å². The van der Waals surface area contributed by atoms with E-state index in [9.17, 15) is 0 Å². The van der Waals surface area contributed by atoms with Gasteiger partial charge in [0.05, 0.1) is 0 Å². The zero-order chi connectivity index (χ0) is 14.8. The molecule has 1 aromatic rings. The van der Waals surface area contributed by atoms with Crippen LogP contribution in [0.25, 0.3) is 0 Å². The Bertz CT molecular complexity index is 436. The zero-order valence-corrected chi connectivity index (χ0v) is 14.6. The first-order chi connectivity index (χ1) is 8.52. The maximum absolute atomic E-state index is 4.60. The van der Waals surface area contributed by atoms with E-state index in [-0.39, 0.29) is 11.0 Å². The molecule has 0 bridgehead atoms. The van der Waals surface area contributed by atoms with Gasteiger partial charge in [-0.25, -0.2) is 9.97 Å². The molecule has 1 aromatic heterocycles. The first-order valence-corrected chi connectivity index (χ1v) is 7.28. The Morgan fingerprint density at radius 2 is 1.74 bits per heavy atom. The lowest BCUT2D eigenvalue weighted by atomic mass is 9.96. The number of halogens is 1. The fraction of sp³-hybridized carbons (Fsp3) is 0.714. The molecular formula is C14H25BrN4. The van der Waals surface area contributed by atoms with Gasteiger partial charge in [0, 0.05) is 23.6 Å². The Labute approximate surface area is 125 Å². The standard InChI is InChI=1S/C14H25BrN4/c1-13(2,3)12-17-10(15)8-11(18-12)16-9-14(4,5)19(6)7/h8H,9H2,1-7H3,(H,16,17,18). The van der Waals surface area contributed by atoms with Crippen LogP contribution in [0.15, 0.2) is 10.7 Å². The first-order valence-electron chi connectivity index (χ1n) is 6.49. The molecule has 1 heterocycles. The maximum atomic E-state index is 4.60. The fourth-order valence-electron chi connectivity index (χ4n) is 1.31. The van der Waals surface area contributed by atoms with Crippen LogP contribution in [-0.2, 0) is 5.41 Å². The minimum absolute atomic E-state index is 0.0583. The second-order valence-corrected chi connectivity index (χ2v) is 7.52. The van der Waals surface area contributed by atoms with Crippen molar-refractivity contribution in [3.63, 3.8) is 0 Å². The number of anilines is 1. The Kier molecular flexibility index (Phi) is 4.96. The summed E-state index contributed by atoms with van der Waals surface area (Å²) >= 11 is 3.45. The number of likely N-dealkylation sites (N-methyl/N-ethyl adjacent to an activating group) is 1. The van der Waals surface area contributed by atoms with E-state index in [1.807, 2.05) is 6.07 Å². The Morgan fingerprint density at radius 3 is 2.21 bits per heavy atom. The molecule has 1 rings (SSSR count). The normalized spacial score (nSPS) is 12.9. The summed E-state index contributed by atoms with van der Waals surface area (Å²) in [5.74, 6) is 1.70. The molecule has 5 heteroatoms. The largest absolute Gasteiger partial charge is 0.368 e. The highest BCUT2D eigenvalue weighted by molar-refractivity contribution is 9.10. The van der Waals surface area contributed by atoms with Crippen molar-refractivity contribution in [3.8, 4) is 0 Å². The molecule has 108 valence electrons. The van der Waals surface area contributed by atoms with Crippen molar-refractivity contribution in [1.29, 1.82) is 0 Å². The Hall–Kier alpha value is -0.680. The number of hydrogen-bond donors (Lipinski definition) is 1. The topological polar surface area (TPSA) is 41.0 Å². The molecule has 0 aliphatic heterocycles. The van der Waals surface area contributed by atoms with E-state index in [1.54, 1.807) is 0 Å². The van der Waals surface area contributed by atoms with E-state index in [0.717, 1.165) is 22.8 Å². The minimum Gasteiger partial charge on any atom is -0.368 e. The van der Waals surface area contributed by atoms with Crippen molar-refractivity contribution in [1.82, 2.24) is 14.9 Å². The van der Waals surface area contributed by atoms with Gasteiger partial charge in [-0.05, 0) is 43.9 Å². The van der Waals surface area contributed by atoms with Gasteiger partial charge in [-0.2, -0.15) is 0 Å². The third-order valence-corrected chi connectivity index (χ3v) is 3.68. The van der Waals surface area contributed by atoms with Crippen LogP contribution in [0.4, 0.5) is 5.82 Å². The van der Waals surface area contributed by atoms with E-state index in [1.165, 1.54) is 0 Å². The zero-order valence-electron chi connectivity index (χ0n) is 13.0. The maximum Gasteiger partial charge on any atom is 0.137 e. The average molecular weight is 329 g/mol. The first kappa shape index (κ1) is 16.4. The van der Waals surface area contributed by atoms with Crippen LogP contribution >= 0.6 is 15.9 Å². The van der Waals surface area contributed by atoms with E-state index < -0.39 is 0 Å².